The molecule has 3 rings (SSSR count). The predicted molar refractivity (Wildman–Crippen MR) is 128 cm³/mol. The SMILES string of the molecule is CN=C(NCCc1ccc(C)nc1)N1CCN(Cc2c(F)cccc2Cl)CC1.I. The maximum atomic E-state index is 14.0. The second kappa shape index (κ2) is 11.7. The van der Waals surface area contributed by atoms with Gasteiger partial charge in [0, 0.05) is 68.8 Å². The maximum absolute atomic E-state index is 14.0. The number of aliphatic imine (C=N–C) groups is 1. The monoisotopic (exact) mass is 531 g/mol. The molecular formula is C21H28ClFIN5. The highest BCUT2D eigenvalue weighted by Gasteiger charge is 2.21. The van der Waals surface area contributed by atoms with Gasteiger partial charge in [0.2, 0.25) is 0 Å². The summed E-state index contributed by atoms with van der Waals surface area (Å²) in [5, 5.41) is 3.92. The van der Waals surface area contributed by atoms with Crippen LogP contribution in [0, 0.1) is 12.7 Å². The molecule has 1 aliphatic rings. The molecule has 1 aliphatic heterocycles. The van der Waals surface area contributed by atoms with E-state index in [9.17, 15) is 4.39 Å². The number of aromatic nitrogens is 1. The second-order valence-corrected chi connectivity index (χ2v) is 7.40. The van der Waals surface area contributed by atoms with E-state index in [1.165, 1.54) is 11.6 Å². The van der Waals surface area contributed by atoms with Crippen molar-refractivity contribution in [3.05, 3.63) is 64.2 Å². The molecule has 1 aromatic carbocycles. The van der Waals surface area contributed by atoms with Gasteiger partial charge >= 0.3 is 0 Å². The number of rotatable bonds is 5. The van der Waals surface area contributed by atoms with Crippen LogP contribution in [0.4, 0.5) is 4.39 Å². The molecule has 2 aromatic rings. The van der Waals surface area contributed by atoms with Crippen molar-refractivity contribution in [3.8, 4) is 0 Å². The molecule has 8 heteroatoms. The molecule has 1 fully saturated rings. The Kier molecular flexibility index (Phi) is 9.58. The predicted octanol–water partition coefficient (Wildman–Crippen LogP) is 3.74. The number of guanidine groups is 1. The lowest BCUT2D eigenvalue weighted by Gasteiger charge is -2.36. The smallest absolute Gasteiger partial charge is 0.193 e. The summed E-state index contributed by atoms with van der Waals surface area (Å²) < 4.78 is 14.0. The topological polar surface area (TPSA) is 43.8 Å². The average molecular weight is 532 g/mol. The van der Waals surface area contributed by atoms with E-state index in [2.05, 4.69) is 31.2 Å². The fourth-order valence-corrected chi connectivity index (χ4v) is 3.54. The van der Waals surface area contributed by atoms with Crippen molar-refractivity contribution in [1.82, 2.24) is 20.1 Å². The van der Waals surface area contributed by atoms with E-state index in [4.69, 9.17) is 11.6 Å². The Labute approximate surface area is 194 Å². The number of nitrogens with zero attached hydrogens (tertiary/aromatic N) is 4. The van der Waals surface area contributed by atoms with Gasteiger partial charge in [-0.3, -0.25) is 14.9 Å². The minimum absolute atomic E-state index is 0. The van der Waals surface area contributed by atoms with Crippen molar-refractivity contribution in [2.24, 2.45) is 4.99 Å². The maximum Gasteiger partial charge on any atom is 0.193 e. The molecule has 158 valence electrons. The molecule has 29 heavy (non-hydrogen) atoms. The average Bonchev–Trinajstić information content (AvgIpc) is 2.70. The molecule has 0 spiro atoms. The van der Waals surface area contributed by atoms with Gasteiger partial charge in [-0.1, -0.05) is 23.7 Å². The second-order valence-electron chi connectivity index (χ2n) is 7.00. The van der Waals surface area contributed by atoms with Gasteiger partial charge in [0.05, 0.1) is 0 Å². The third-order valence-corrected chi connectivity index (χ3v) is 5.35. The van der Waals surface area contributed by atoms with Crippen LogP contribution in [0.5, 0.6) is 0 Å². The highest BCUT2D eigenvalue weighted by Crippen LogP contribution is 2.21. The van der Waals surface area contributed by atoms with E-state index in [0.717, 1.165) is 50.8 Å². The van der Waals surface area contributed by atoms with Crippen LogP contribution in [0.3, 0.4) is 0 Å². The first-order chi connectivity index (χ1) is 13.6. The molecule has 1 saturated heterocycles. The number of nitrogens with one attached hydrogen (secondary N) is 1. The van der Waals surface area contributed by atoms with Gasteiger partial charge in [-0.05, 0) is 37.1 Å². The van der Waals surface area contributed by atoms with Crippen molar-refractivity contribution in [2.75, 3.05) is 39.8 Å². The first-order valence-corrected chi connectivity index (χ1v) is 9.97. The van der Waals surface area contributed by atoms with Gasteiger partial charge in [-0.15, -0.1) is 24.0 Å². The van der Waals surface area contributed by atoms with E-state index in [-0.39, 0.29) is 29.8 Å². The Hall–Kier alpha value is -1.45. The summed E-state index contributed by atoms with van der Waals surface area (Å²) in [5.74, 6) is 0.668. The van der Waals surface area contributed by atoms with Crippen LogP contribution >= 0.6 is 35.6 Å². The summed E-state index contributed by atoms with van der Waals surface area (Å²) >= 11 is 6.16. The molecular weight excluding hydrogens is 504 g/mol. The minimum Gasteiger partial charge on any atom is -0.356 e. The zero-order chi connectivity index (χ0) is 19.9. The van der Waals surface area contributed by atoms with Crippen molar-refractivity contribution in [2.45, 2.75) is 19.9 Å². The zero-order valence-electron chi connectivity index (χ0n) is 16.9. The molecule has 2 heterocycles. The highest BCUT2D eigenvalue weighted by molar-refractivity contribution is 14.0. The largest absolute Gasteiger partial charge is 0.356 e. The van der Waals surface area contributed by atoms with Crippen LogP contribution < -0.4 is 5.32 Å². The highest BCUT2D eigenvalue weighted by atomic mass is 127. The molecule has 0 radical (unpaired) electrons. The summed E-state index contributed by atoms with van der Waals surface area (Å²) in [6, 6.07) is 8.99. The summed E-state index contributed by atoms with van der Waals surface area (Å²) in [6.45, 7) is 6.70. The van der Waals surface area contributed by atoms with Crippen LogP contribution in [0.25, 0.3) is 0 Å². The third kappa shape index (κ3) is 6.79. The molecule has 0 bridgehead atoms. The fourth-order valence-electron chi connectivity index (χ4n) is 3.32. The number of benzene rings is 1. The first-order valence-electron chi connectivity index (χ1n) is 9.59. The van der Waals surface area contributed by atoms with Crippen LogP contribution in [-0.2, 0) is 13.0 Å². The van der Waals surface area contributed by atoms with Crippen molar-refractivity contribution >= 4 is 41.5 Å². The van der Waals surface area contributed by atoms with Gasteiger partial charge in [0.25, 0.3) is 0 Å². The van der Waals surface area contributed by atoms with Gasteiger partial charge in [-0.2, -0.15) is 0 Å². The fraction of sp³-hybridized carbons (Fsp3) is 0.429. The molecule has 1 N–H and O–H groups in total. The van der Waals surface area contributed by atoms with Crippen molar-refractivity contribution < 1.29 is 4.39 Å². The molecule has 1 aromatic heterocycles. The van der Waals surface area contributed by atoms with Crippen LogP contribution in [0.1, 0.15) is 16.8 Å². The lowest BCUT2D eigenvalue weighted by atomic mass is 10.2. The van der Waals surface area contributed by atoms with Crippen LogP contribution in [0.2, 0.25) is 5.02 Å². The summed E-state index contributed by atoms with van der Waals surface area (Å²) in [6.07, 6.45) is 2.82. The number of halogens is 3. The van der Waals surface area contributed by atoms with Gasteiger partial charge in [-0.25, -0.2) is 4.39 Å². The normalized spacial score (nSPS) is 15.2. The molecule has 0 amide bonds. The lowest BCUT2D eigenvalue weighted by Crippen LogP contribution is -2.52. The van der Waals surface area contributed by atoms with Gasteiger partial charge in [0.1, 0.15) is 5.82 Å². The quantitative estimate of drug-likeness (QED) is 0.363. The molecule has 0 unspecified atom stereocenters. The van der Waals surface area contributed by atoms with E-state index in [1.54, 1.807) is 19.2 Å². The number of hydrogen-bond donors (Lipinski definition) is 1. The molecule has 0 atom stereocenters. The zero-order valence-corrected chi connectivity index (χ0v) is 20.0. The Balaban J connectivity index is 0.00000300. The van der Waals surface area contributed by atoms with Crippen molar-refractivity contribution in [1.29, 1.82) is 0 Å². The lowest BCUT2D eigenvalue weighted by molar-refractivity contribution is 0.171. The number of pyridine rings is 1. The summed E-state index contributed by atoms with van der Waals surface area (Å²) in [5.41, 5.74) is 2.81. The van der Waals surface area contributed by atoms with Gasteiger partial charge < -0.3 is 10.2 Å². The Morgan fingerprint density at radius 2 is 1.97 bits per heavy atom. The van der Waals surface area contributed by atoms with E-state index < -0.39 is 0 Å². The van der Waals surface area contributed by atoms with E-state index >= 15 is 0 Å². The van der Waals surface area contributed by atoms with E-state index in [0.29, 0.717) is 17.1 Å². The number of hydrogen-bond acceptors (Lipinski definition) is 3. The van der Waals surface area contributed by atoms with Crippen molar-refractivity contribution in [3.63, 3.8) is 0 Å². The first kappa shape index (κ1) is 23.8. The van der Waals surface area contributed by atoms with E-state index in [1.807, 2.05) is 19.2 Å². The number of piperazine rings is 1. The summed E-state index contributed by atoms with van der Waals surface area (Å²) in [4.78, 5) is 13.2. The Bertz CT molecular complexity index is 787. The van der Waals surface area contributed by atoms with Gasteiger partial charge in [0.15, 0.2) is 5.96 Å². The van der Waals surface area contributed by atoms with Crippen LogP contribution in [0.15, 0.2) is 41.5 Å². The molecule has 5 nitrogen and oxygen atoms in total. The molecule has 0 saturated carbocycles. The number of aryl methyl sites for hydroxylation is 1. The summed E-state index contributed by atoms with van der Waals surface area (Å²) in [7, 11) is 1.81. The minimum atomic E-state index is -0.238. The molecule has 0 aliphatic carbocycles. The Morgan fingerprint density at radius 1 is 1.21 bits per heavy atom. The Morgan fingerprint density at radius 3 is 2.59 bits per heavy atom. The third-order valence-electron chi connectivity index (χ3n) is 5.00. The van der Waals surface area contributed by atoms with Crippen LogP contribution in [-0.4, -0.2) is 60.5 Å². The standard InChI is InChI=1S/C21H27ClFN5.HI/c1-16-6-7-17(14-26-16)8-9-25-21(24-2)28-12-10-27(11-13-28)15-18-19(22)4-3-5-20(18)23;/h3-7,14H,8-13,15H2,1-2H3,(H,24,25);1H.